The van der Waals surface area contributed by atoms with Crippen molar-refractivity contribution in [1.82, 2.24) is 0 Å². The van der Waals surface area contributed by atoms with Crippen molar-refractivity contribution in [2.24, 2.45) is 11.1 Å². The molecule has 0 bridgehead atoms. The van der Waals surface area contributed by atoms with E-state index in [4.69, 9.17) is 22.1 Å². The molecular formula is C13H18ClNO3S. The molecule has 6 heteroatoms. The molecule has 3 atom stereocenters. The van der Waals surface area contributed by atoms with E-state index in [1.165, 1.54) is 6.26 Å². The molecule has 1 aliphatic carbocycles. The lowest BCUT2D eigenvalue weighted by molar-refractivity contribution is 0.142. The van der Waals surface area contributed by atoms with E-state index in [1.807, 2.05) is 12.1 Å². The molecule has 0 radical (unpaired) electrons. The van der Waals surface area contributed by atoms with Crippen molar-refractivity contribution in [2.75, 3.05) is 26.5 Å². The average molecular weight is 304 g/mol. The van der Waals surface area contributed by atoms with Crippen molar-refractivity contribution in [2.45, 2.75) is 11.2 Å². The second-order valence-electron chi connectivity index (χ2n) is 5.15. The Labute approximate surface area is 118 Å². The van der Waals surface area contributed by atoms with Crippen molar-refractivity contribution >= 4 is 21.4 Å². The maximum Gasteiger partial charge on any atom is 0.151 e. The highest BCUT2D eigenvalue weighted by molar-refractivity contribution is 7.91. The zero-order chi connectivity index (χ0) is 14.3. The van der Waals surface area contributed by atoms with Crippen LogP contribution >= 0.6 is 11.6 Å². The summed E-state index contributed by atoms with van der Waals surface area (Å²) in [6.07, 6.45) is 1.26. The van der Waals surface area contributed by atoms with Crippen molar-refractivity contribution < 1.29 is 13.2 Å². The quantitative estimate of drug-likeness (QED) is 0.893. The van der Waals surface area contributed by atoms with Crippen molar-refractivity contribution in [1.29, 1.82) is 0 Å². The van der Waals surface area contributed by atoms with Crippen LogP contribution in [0.1, 0.15) is 11.5 Å². The molecule has 0 aliphatic heterocycles. The monoisotopic (exact) mass is 303 g/mol. The van der Waals surface area contributed by atoms with E-state index in [0.29, 0.717) is 11.6 Å². The Morgan fingerprint density at radius 1 is 1.37 bits per heavy atom. The summed E-state index contributed by atoms with van der Waals surface area (Å²) in [4.78, 5) is 0. The molecular weight excluding hydrogens is 286 g/mol. The number of halogens is 1. The molecule has 1 fully saturated rings. The van der Waals surface area contributed by atoms with Gasteiger partial charge in [-0.1, -0.05) is 23.7 Å². The van der Waals surface area contributed by atoms with Gasteiger partial charge in [-0.25, -0.2) is 8.42 Å². The molecule has 1 saturated carbocycles. The number of benzene rings is 1. The highest BCUT2D eigenvalue weighted by atomic mass is 35.5. The number of ether oxygens (including phenoxy) is 1. The van der Waals surface area contributed by atoms with Crippen LogP contribution in [0.15, 0.2) is 24.3 Å². The number of methoxy groups -OCH3 is 1. The van der Waals surface area contributed by atoms with Gasteiger partial charge in [0.15, 0.2) is 9.84 Å². The van der Waals surface area contributed by atoms with Gasteiger partial charge in [-0.05, 0) is 17.7 Å². The summed E-state index contributed by atoms with van der Waals surface area (Å²) < 4.78 is 29.1. The molecule has 106 valence electrons. The van der Waals surface area contributed by atoms with Gasteiger partial charge < -0.3 is 10.5 Å². The third-order valence-corrected chi connectivity index (χ3v) is 5.78. The average Bonchev–Trinajstić information content (AvgIpc) is 3.00. The molecule has 0 saturated heterocycles. The van der Waals surface area contributed by atoms with Gasteiger partial charge >= 0.3 is 0 Å². The van der Waals surface area contributed by atoms with Gasteiger partial charge in [-0.3, -0.25) is 0 Å². The van der Waals surface area contributed by atoms with E-state index in [0.717, 1.165) is 5.56 Å². The molecule has 0 unspecified atom stereocenters. The first-order valence-electron chi connectivity index (χ1n) is 6.00. The Morgan fingerprint density at radius 2 is 1.95 bits per heavy atom. The fourth-order valence-corrected chi connectivity index (χ4v) is 5.18. The minimum absolute atomic E-state index is 0.121. The Balaban J connectivity index is 2.40. The summed E-state index contributed by atoms with van der Waals surface area (Å²) in [5.74, 6) is -0.121. The number of sulfone groups is 1. The number of rotatable bonds is 5. The highest BCUT2D eigenvalue weighted by Gasteiger charge is 2.69. The molecule has 19 heavy (non-hydrogen) atoms. The number of nitrogens with two attached hydrogens (primary N) is 1. The maximum atomic E-state index is 12.0. The van der Waals surface area contributed by atoms with Crippen LogP contribution in [0.25, 0.3) is 0 Å². The van der Waals surface area contributed by atoms with Gasteiger partial charge in [0, 0.05) is 36.3 Å². The lowest BCUT2D eigenvalue weighted by atomic mass is 10.0. The van der Waals surface area contributed by atoms with Crippen molar-refractivity contribution in [3.8, 4) is 0 Å². The summed E-state index contributed by atoms with van der Waals surface area (Å²) in [5.41, 5.74) is 6.26. The first-order valence-corrected chi connectivity index (χ1v) is 8.33. The van der Waals surface area contributed by atoms with Gasteiger partial charge in [0.25, 0.3) is 0 Å². The molecule has 2 N–H and O–H groups in total. The SMILES string of the molecule is COC[C@@]1(CN)[C@H](c2ccc(Cl)cc2)[C@@H]1S(C)(=O)=O. The van der Waals surface area contributed by atoms with Crippen LogP contribution < -0.4 is 5.73 Å². The van der Waals surface area contributed by atoms with Gasteiger partial charge in [0.05, 0.1) is 11.9 Å². The summed E-state index contributed by atoms with van der Waals surface area (Å²) in [7, 11) is -1.61. The highest BCUT2D eigenvalue weighted by Crippen LogP contribution is 2.62. The Bertz CT molecular complexity index is 558. The van der Waals surface area contributed by atoms with Crippen LogP contribution in [0.4, 0.5) is 0 Å². The minimum atomic E-state index is -3.17. The van der Waals surface area contributed by atoms with Gasteiger partial charge in [0.1, 0.15) is 0 Å². The van der Waals surface area contributed by atoms with Crippen molar-refractivity contribution in [3.05, 3.63) is 34.9 Å². The standard InChI is InChI=1S/C13H18ClNO3S/c1-18-8-13(7-15)11(12(13)19(2,16)17)9-3-5-10(14)6-4-9/h3-6,11-12H,7-8,15H2,1-2H3/t11-,12+,13+/m1/s1. The zero-order valence-electron chi connectivity index (χ0n) is 11.0. The van der Waals surface area contributed by atoms with Crippen LogP contribution in [0.5, 0.6) is 0 Å². The van der Waals surface area contributed by atoms with Crippen LogP contribution in [-0.2, 0) is 14.6 Å². The molecule has 0 amide bonds. The van der Waals surface area contributed by atoms with E-state index in [9.17, 15) is 8.42 Å². The van der Waals surface area contributed by atoms with Gasteiger partial charge in [-0.15, -0.1) is 0 Å². The summed E-state index contributed by atoms with van der Waals surface area (Å²) >= 11 is 5.86. The minimum Gasteiger partial charge on any atom is -0.384 e. The fraction of sp³-hybridized carbons (Fsp3) is 0.538. The number of hydrogen-bond acceptors (Lipinski definition) is 4. The third kappa shape index (κ3) is 2.52. The second-order valence-corrected chi connectivity index (χ2v) is 7.75. The first kappa shape index (κ1) is 14.8. The van der Waals surface area contributed by atoms with Crippen LogP contribution in [0, 0.1) is 5.41 Å². The molecule has 0 aromatic heterocycles. The number of hydrogen-bond donors (Lipinski definition) is 1. The van der Waals surface area contributed by atoms with Gasteiger partial charge in [0.2, 0.25) is 0 Å². The molecule has 1 aromatic carbocycles. The predicted molar refractivity (Wildman–Crippen MR) is 76.2 cm³/mol. The largest absolute Gasteiger partial charge is 0.384 e. The Hall–Kier alpha value is -0.620. The Kier molecular flexibility index (Phi) is 3.93. The fourth-order valence-electron chi connectivity index (χ4n) is 3.05. The summed E-state index contributed by atoms with van der Waals surface area (Å²) in [6.45, 7) is 0.625. The third-order valence-electron chi connectivity index (χ3n) is 3.86. The predicted octanol–water partition coefficient (Wildman–Crippen LogP) is 1.44. The van der Waals surface area contributed by atoms with Gasteiger partial charge in [-0.2, -0.15) is 0 Å². The molecule has 0 spiro atoms. The van der Waals surface area contributed by atoms with Crippen LogP contribution in [-0.4, -0.2) is 40.2 Å². The van der Waals surface area contributed by atoms with Crippen LogP contribution in [0.3, 0.4) is 0 Å². The van der Waals surface area contributed by atoms with E-state index >= 15 is 0 Å². The topological polar surface area (TPSA) is 69.4 Å². The van der Waals surface area contributed by atoms with E-state index < -0.39 is 20.5 Å². The van der Waals surface area contributed by atoms with E-state index in [-0.39, 0.29) is 12.5 Å². The molecule has 4 nitrogen and oxygen atoms in total. The molecule has 2 rings (SSSR count). The van der Waals surface area contributed by atoms with E-state index in [1.54, 1.807) is 19.2 Å². The Morgan fingerprint density at radius 3 is 2.37 bits per heavy atom. The molecule has 1 aromatic rings. The molecule has 0 heterocycles. The first-order chi connectivity index (χ1) is 8.86. The van der Waals surface area contributed by atoms with Crippen LogP contribution in [0.2, 0.25) is 5.02 Å². The normalized spacial score (nSPS) is 30.3. The van der Waals surface area contributed by atoms with E-state index in [2.05, 4.69) is 0 Å². The molecule has 1 aliphatic rings. The maximum absolute atomic E-state index is 12.0. The van der Waals surface area contributed by atoms with Crippen molar-refractivity contribution in [3.63, 3.8) is 0 Å². The summed E-state index contributed by atoms with van der Waals surface area (Å²) in [6, 6.07) is 7.25. The summed E-state index contributed by atoms with van der Waals surface area (Å²) in [5, 5.41) is 0.150. The smallest absolute Gasteiger partial charge is 0.151 e. The lowest BCUT2D eigenvalue weighted by Crippen LogP contribution is -2.28. The zero-order valence-corrected chi connectivity index (χ0v) is 12.5. The lowest BCUT2D eigenvalue weighted by Gasteiger charge is -2.14. The second kappa shape index (κ2) is 5.05.